The van der Waals surface area contributed by atoms with Gasteiger partial charge in [-0.15, -0.1) is 0 Å². The molecule has 0 spiro atoms. The molecule has 0 saturated heterocycles. The summed E-state index contributed by atoms with van der Waals surface area (Å²) in [6, 6.07) is 7.79. The lowest BCUT2D eigenvalue weighted by Gasteiger charge is -2.22. The molecule has 1 fully saturated rings. The van der Waals surface area contributed by atoms with E-state index in [-0.39, 0.29) is 5.91 Å². The third-order valence-corrected chi connectivity index (χ3v) is 4.75. The van der Waals surface area contributed by atoms with Gasteiger partial charge in [-0.25, -0.2) is 0 Å². The minimum atomic E-state index is -0.202. The van der Waals surface area contributed by atoms with Gasteiger partial charge in [0.25, 0.3) is 5.91 Å². The molecule has 1 aromatic rings. The summed E-state index contributed by atoms with van der Waals surface area (Å²) in [5, 5.41) is 3.76. The molecule has 1 aromatic carbocycles. The van der Waals surface area contributed by atoms with Gasteiger partial charge in [0, 0.05) is 31.4 Å². The van der Waals surface area contributed by atoms with E-state index in [0.29, 0.717) is 28.6 Å². The maximum Gasteiger partial charge on any atom is 0.269 e. The number of hydrogen-bond donors (Lipinski definition) is 3. The molecule has 1 saturated carbocycles. The standard InChI is InChI=1S/C17H22N4OS/c1-21(2)14-7-5-12(6-8-14)16(22)19-20-17(23)18-15-10-11-3-4-13(15)9-11/h3-8,11,13,15H,9-10H2,1-2H3,(H,19,22)(H2,18,20,23)/t11-,13+,15+/m1/s1. The van der Waals surface area contributed by atoms with Crippen LogP contribution in [0.1, 0.15) is 23.2 Å². The number of carbonyl (C=O) groups excluding carboxylic acids is 1. The lowest BCUT2D eigenvalue weighted by molar-refractivity contribution is 0.0943. The molecule has 0 unspecified atom stereocenters. The number of carbonyl (C=O) groups is 1. The van der Waals surface area contributed by atoms with Crippen molar-refractivity contribution in [3.8, 4) is 0 Å². The minimum Gasteiger partial charge on any atom is -0.378 e. The molecule has 0 aliphatic heterocycles. The van der Waals surface area contributed by atoms with E-state index in [0.717, 1.165) is 12.1 Å². The zero-order chi connectivity index (χ0) is 16.4. The van der Waals surface area contributed by atoms with E-state index in [9.17, 15) is 4.79 Å². The molecule has 0 radical (unpaired) electrons. The van der Waals surface area contributed by atoms with Crippen molar-refractivity contribution < 1.29 is 4.79 Å². The van der Waals surface area contributed by atoms with Crippen molar-refractivity contribution in [1.29, 1.82) is 0 Å². The molecule has 3 atom stereocenters. The van der Waals surface area contributed by atoms with Crippen LogP contribution < -0.4 is 21.1 Å². The number of allylic oxidation sites excluding steroid dienone is 1. The molecule has 0 heterocycles. The summed E-state index contributed by atoms with van der Waals surface area (Å²) in [6.45, 7) is 0. The summed E-state index contributed by atoms with van der Waals surface area (Å²) in [4.78, 5) is 14.1. The fourth-order valence-electron chi connectivity index (χ4n) is 3.25. The average molecular weight is 330 g/mol. The van der Waals surface area contributed by atoms with Crippen molar-refractivity contribution in [2.45, 2.75) is 18.9 Å². The number of hydrazine groups is 1. The molecule has 3 rings (SSSR count). The topological polar surface area (TPSA) is 56.4 Å². The Kier molecular flexibility index (Phi) is 4.52. The number of nitrogens with zero attached hydrogens (tertiary/aromatic N) is 1. The summed E-state index contributed by atoms with van der Waals surface area (Å²) in [6.07, 6.45) is 6.88. The predicted octanol–water partition coefficient (Wildman–Crippen LogP) is 1.83. The Hall–Kier alpha value is -2.08. The molecule has 3 N–H and O–H groups in total. The Morgan fingerprint density at radius 3 is 2.43 bits per heavy atom. The lowest BCUT2D eigenvalue weighted by atomic mass is 10.0. The van der Waals surface area contributed by atoms with Crippen molar-refractivity contribution in [3.63, 3.8) is 0 Å². The van der Waals surface area contributed by atoms with Gasteiger partial charge in [-0.3, -0.25) is 15.6 Å². The van der Waals surface area contributed by atoms with E-state index in [2.05, 4.69) is 28.3 Å². The Labute approximate surface area is 142 Å². The Bertz CT molecular complexity index is 626. The van der Waals surface area contributed by atoms with E-state index in [1.807, 2.05) is 31.1 Å². The highest BCUT2D eigenvalue weighted by Gasteiger charge is 2.35. The zero-order valence-electron chi connectivity index (χ0n) is 13.4. The predicted molar refractivity (Wildman–Crippen MR) is 96.2 cm³/mol. The highest BCUT2D eigenvalue weighted by atomic mass is 32.1. The molecular weight excluding hydrogens is 308 g/mol. The van der Waals surface area contributed by atoms with Crippen LogP contribution in [0.3, 0.4) is 0 Å². The van der Waals surface area contributed by atoms with Crippen LogP contribution in [-0.4, -0.2) is 31.2 Å². The molecule has 2 bridgehead atoms. The van der Waals surface area contributed by atoms with Gasteiger partial charge < -0.3 is 10.2 Å². The van der Waals surface area contributed by atoms with Gasteiger partial charge in [-0.1, -0.05) is 12.2 Å². The first-order valence-electron chi connectivity index (χ1n) is 7.85. The SMILES string of the molecule is CN(C)c1ccc(C(=O)NNC(=S)N[C@H]2C[C@@H]3C=C[C@H]2C3)cc1. The fourth-order valence-corrected chi connectivity index (χ4v) is 3.45. The lowest BCUT2D eigenvalue weighted by Crippen LogP contribution is -2.50. The maximum atomic E-state index is 12.1. The summed E-state index contributed by atoms with van der Waals surface area (Å²) < 4.78 is 0. The Morgan fingerprint density at radius 1 is 1.13 bits per heavy atom. The normalized spacial score (nSPS) is 24.3. The van der Waals surface area contributed by atoms with Crippen LogP contribution >= 0.6 is 12.2 Å². The average Bonchev–Trinajstić information content (AvgIpc) is 3.15. The van der Waals surface area contributed by atoms with Gasteiger partial charge in [-0.2, -0.15) is 0 Å². The summed E-state index contributed by atoms with van der Waals surface area (Å²) >= 11 is 5.26. The number of rotatable bonds is 3. The number of thiocarbonyl (C=S) groups is 1. The van der Waals surface area contributed by atoms with Crippen LogP contribution in [0.25, 0.3) is 0 Å². The first kappa shape index (κ1) is 15.8. The van der Waals surface area contributed by atoms with Crippen molar-refractivity contribution in [2.24, 2.45) is 11.8 Å². The van der Waals surface area contributed by atoms with Gasteiger partial charge in [0.2, 0.25) is 0 Å². The number of anilines is 1. The molecule has 2 aliphatic rings. The molecule has 5 nitrogen and oxygen atoms in total. The molecule has 0 aromatic heterocycles. The van der Waals surface area contributed by atoms with Crippen LogP contribution in [0.4, 0.5) is 5.69 Å². The second kappa shape index (κ2) is 6.58. The van der Waals surface area contributed by atoms with Crippen molar-refractivity contribution in [3.05, 3.63) is 42.0 Å². The van der Waals surface area contributed by atoms with Crippen molar-refractivity contribution in [1.82, 2.24) is 16.2 Å². The molecule has 1 amide bonds. The second-order valence-corrected chi connectivity index (χ2v) is 6.79. The van der Waals surface area contributed by atoms with E-state index < -0.39 is 0 Å². The van der Waals surface area contributed by atoms with Gasteiger partial charge in [0.1, 0.15) is 0 Å². The summed E-state index contributed by atoms with van der Waals surface area (Å²) in [5.74, 6) is 1.05. The van der Waals surface area contributed by atoms with E-state index in [1.54, 1.807) is 12.1 Å². The van der Waals surface area contributed by atoms with Gasteiger partial charge >= 0.3 is 0 Å². The second-order valence-electron chi connectivity index (χ2n) is 6.38. The molecule has 122 valence electrons. The first-order chi connectivity index (χ1) is 11.0. The molecular formula is C17H22N4OS. The van der Waals surface area contributed by atoms with Crippen molar-refractivity contribution in [2.75, 3.05) is 19.0 Å². The zero-order valence-corrected chi connectivity index (χ0v) is 14.2. The van der Waals surface area contributed by atoms with Crippen molar-refractivity contribution >= 4 is 28.9 Å². The Morgan fingerprint density at radius 2 is 1.87 bits per heavy atom. The first-order valence-corrected chi connectivity index (χ1v) is 8.26. The van der Waals surface area contributed by atoms with Crippen LogP contribution in [0, 0.1) is 11.8 Å². The molecule has 6 heteroatoms. The third-order valence-electron chi connectivity index (χ3n) is 4.53. The van der Waals surface area contributed by atoms with Gasteiger partial charge in [-0.05, 0) is 61.2 Å². The van der Waals surface area contributed by atoms with Crippen LogP contribution in [0.15, 0.2) is 36.4 Å². The number of hydrogen-bond acceptors (Lipinski definition) is 3. The monoisotopic (exact) mass is 330 g/mol. The fraction of sp³-hybridized carbons (Fsp3) is 0.412. The number of benzene rings is 1. The van der Waals surface area contributed by atoms with E-state index in [1.165, 1.54) is 6.42 Å². The molecule has 23 heavy (non-hydrogen) atoms. The smallest absolute Gasteiger partial charge is 0.269 e. The van der Waals surface area contributed by atoms with Crippen LogP contribution in [0.5, 0.6) is 0 Å². The Balaban J connectivity index is 1.46. The highest BCUT2D eigenvalue weighted by molar-refractivity contribution is 7.80. The minimum absolute atomic E-state index is 0.202. The van der Waals surface area contributed by atoms with Gasteiger partial charge in [0.15, 0.2) is 5.11 Å². The number of amides is 1. The highest BCUT2D eigenvalue weighted by Crippen LogP contribution is 2.38. The quantitative estimate of drug-likeness (QED) is 0.448. The third kappa shape index (κ3) is 3.64. The van der Waals surface area contributed by atoms with Gasteiger partial charge in [0.05, 0.1) is 0 Å². The number of nitrogens with one attached hydrogen (secondary N) is 3. The number of fused-ring (bicyclic) bond motifs is 2. The largest absolute Gasteiger partial charge is 0.378 e. The van der Waals surface area contributed by atoms with Crippen LogP contribution in [-0.2, 0) is 0 Å². The summed E-state index contributed by atoms with van der Waals surface area (Å²) in [7, 11) is 3.93. The molecule has 2 aliphatic carbocycles. The van der Waals surface area contributed by atoms with E-state index >= 15 is 0 Å². The summed E-state index contributed by atoms with van der Waals surface area (Å²) in [5.41, 5.74) is 7.08. The van der Waals surface area contributed by atoms with E-state index in [4.69, 9.17) is 12.2 Å². The van der Waals surface area contributed by atoms with Crippen LogP contribution in [0.2, 0.25) is 0 Å². The maximum absolute atomic E-state index is 12.1.